The minimum Gasteiger partial charge on any atom is -0.357 e. The third kappa shape index (κ3) is 5.28. The lowest BCUT2D eigenvalue weighted by Crippen LogP contribution is -2.20. The molecule has 0 unspecified atom stereocenters. The van der Waals surface area contributed by atoms with Gasteiger partial charge in [0.05, 0.1) is 12.9 Å². The van der Waals surface area contributed by atoms with Gasteiger partial charge in [-0.1, -0.05) is 38.1 Å². The molecule has 5 nitrogen and oxygen atoms in total. The van der Waals surface area contributed by atoms with Crippen LogP contribution in [-0.2, 0) is 0 Å². The van der Waals surface area contributed by atoms with Gasteiger partial charge in [0.15, 0.2) is 5.65 Å². The number of aromatic nitrogens is 3. The Morgan fingerprint density at radius 3 is 2.44 bits per heavy atom. The molecule has 0 amide bonds. The first-order valence-electron chi connectivity index (χ1n) is 10.8. The van der Waals surface area contributed by atoms with E-state index in [1.807, 2.05) is 30.8 Å². The average molecular weight is 466 g/mol. The monoisotopic (exact) mass is 465 g/mol. The van der Waals surface area contributed by atoms with Crippen molar-refractivity contribution in [2.75, 3.05) is 37.2 Å². The highest BCUT2D eigenvalue weighted by Crippen LogP contribution is 2.29. The fraction of sp³-hybridized carbons (Fsp3) is 0.280. The quantitative estimate of drug-likeness (QED) is 0.298. The first-order chi connectivity index (χ1) is 15.8. The molecule has 168 valence electrons. The molecule has 1 fully saturated rings. The molecule has 1 aliphatic heterocycles. The summed E-state index contributed by atoms with van der Waals surface area (Å²) in [6.07, 6.45) is 9.67. The molecule has 2 aromatic carbocycles. The number of nitrogens with zero attached hydrogens (tertiary/aromatic N) is 4. The van der Waals surface area contributed by atoms with Crippen LogP contribution >= 0.6 is 24.4 Å². The maximum Gasteiger partial charge on any atom is 0.162 e. The molecule has 1 N–H and O–H groups in total. The van der Waals surface area contributed by atoms with Gasteiger partial charge in [0.25, 0.3) is 0 Å². The summed E-state index contributed by atoms with van der Waals surface area (Å²) in [7, 11) is 0. The third-order valence-electron chi connectivity index (χ3n) is 5.16. The number of fused-ring (bicyclic) bond motifs is 1. The molecule has 2 aromatic heterocycles. The van der Waals surface area contributed by atoms with E-state index in [-0.39, 0.29) is 0 Å². The summed E-state index contributed by atoms with van der Waals surface area (Å²) in [6.45, 7) is 7.02. The predicted octanol–water partition coefficient (Wildman–Crippen LogP) is 5.72. The molecule has 0 aliphatic carbocycles. The van der Waals surface area contributed by atoms with E-state index in [0.29, 0.717) is 0 Å². The van der Waals surface area contributed by atoms with Crippen LogP contribution < -0.4 is 10.2 Å². The highest BCUT2D eigenvalue weighted by molar-refractivity contribution is 7.98. The summed E-state index contributed by atoms with van der Waals surface area (Å²) >= 11 is 5.27. The summed E-state index contributed by atoms with van der Waals surface area (Å²) < 4.78 is 1.87. The van der Waals surface area contributed by atoms with E-state index in [1.165, 1.54) is 10.6 Å². The van der Waals surface area contributed by atoms with Crippen LogP contribution in [0.3, 0.4) is 0 Å². The summed E-state index contributed by atoms with van der Waals surface area (Å²) in [6, 6.07) is 17.2. The van der Waals surface area contributed by atoms with Gasteiger partial charge in [0.2, 0.25) is 0 Å². The normalized spacial score (nSPS) is 12.7. The number of anilines is 1. The van der Waals surface area contributed by atoms with Crippen molar-refractivity contribution in [3.63, 3.8) is 0 Å². The first-order valence-corrected chi connectivity index (χ1v) is 12.9. The molecule has 32 heavy (non-hydrogen) atoms. The van der Waals surface area contributed by atoms with Crippen molar-refractivity contribution in [2.45, 2.75) is 18.7 Å². The summed E-state index contributed by atoms with van der Waals surface area (Å²) in [4.78, 5) is 8.30. The van der Waals surface area contributed by atoms with Crippen molar-refractivity contribution >= 4 is 35.7 Å². The van der Waals surface area contributed by atoms with Crippen molar-refractivity contribution < 1.29 is 0 Å². The van der Waals surface area contributed by atoms with Crippen LogP contribution in [0.4, 0.5) is 5.69 Å². The Kier molecular flexibility index (Phi) is 9.02. The fourth-order valence-electron chi connectivity index (χ4n) is 3.61. The van der Waals surface area contributed by atoms with E-state index in [9.17, 15) is 0 Å². The zero-order valence-corrected chi connectivity index (χ0v) is 20.8. The molecule has 7 heteroatoms. The van der Waals surface area contributed by atoms with E-state index < -0.39 is 0 Å². The molecular weight excluding hydrogens is 434 g/mol. The standard InChI is InChI=1S/C22H21N5S.C2H6.CH4S/c1-28-20-4-2-3-17(11-20)21-13-25-27-14-18(12-24-22(21)27)16-5-7-19(8-6-16)26-10-9-23-15-26;2*1-2/h2-8,11-14,23H,9-10,15H2,1H3;1-2H3;2H,1H3. The molecule has 1 aliphatic rings. The Hall–Kier alpha value is -2.48. The van der Waals surface area contributed by atoms with Crippen LogP contribution in [0.2, 0.25) is 0 Å². The van der Waals surface area contributed by atoms with Gasteiger partial charge in [-0.3, -0.25) is 5.32 Å². The number of benzene rings is 2. The Labute approximate surface area is 200 Å². The number of thiol groups is 1. The zero-order valence-electron chi connectivity index (χ0n) is 19.1. The number of rotatable bonds is 4. The van der Waals surface area contributed by atoms with Gasteiger partial charge in [-0.25, -0.2) is 9.50 Å². The lowest BCUT2D eigenvalue weighted by Gasteiger charge is -2.16. The Morgan fingerprint density at radius 2 is 1.75 bits per heavy atom. The predicted molar refractivity (Wildman–Crippen MR) is 142 cm³/mol. The number of hydrogen-bond acceptors (Lipinski definition) is 6. The summed E-state index contributed by atoms with van der Waals surface area (Å²) in [5.41, 5.74) is 6.53. The van der Waals surface area contributed by atoms with Crippen molar-refractivity contribution in [1.82, 2.24) is 19.9 Å². The van der Waals surface area contributed by atoms with Gasteiger partial charge in [-0.2, -0.15) is 17.7 Å². The van der Waals surface area contributed by atoms with E-state index in [1.54, 1.807) is 18.0 Å². The molecule has 4 aromatic rings. The minimum atomic E-state index is 0.877. The van der Waals surface area contributed by atoms with E-state index in [0.717, 1.165) is 47.7 Å². The smallest absolute Gasteiger partial charge is 0.162 e. The second kappa shape index (κ2) is 11.9. The SMILES string of the molecule is CC.CS.CSc1cccc(-c2cnn3cc(-c4ccc(N5CCNC5)cc4)cnc23)c1. The summed E-state index contributed by atoms with van der Waals surface area (Å²) in [5.74, 6) is 0. The first kappa shape index (κ1) is 24.2. The van der Waals surface area contributed by atoms with Crippen LogP contribution in [0.15, 0.2) is 72.0 Å². The Balaban J connectivity index is 0.000000686. The lowest BCUT2D eigenvalue weighted by atomic mass is 10.1. The summed E-state index contributed by atoms with van der Waals surface area (Å²) in [5, 5.41) is 7.91. The van der Waals surface area contributed by atoms with E-state index in [2.05, 4.69) is 88.9 Å². The minimum absolute atomic E-state index is 0.877. The molecule has 0 atom stereocenters. The number of hydrogen-bond donors (Lipinski definition) is 2. The van der Waals surface area contributed by atoms with Crippen LogP contribution in [0.1, 0.15) is 13.8 Å². The molecule has 3 heterocycles. The van der Waals surface area contributed by atoms with Crippen LogP contribution in [0, 0.1) is 0 Å². The molecular formula is C25H31N5S2. The third-order valence-corrected chi connectivity index (χ3v) is 5.89. The zero-order chi connectivity index (χ0) is 22.9. The molecule has 0 saturated carbocycles. The Morgan fingerprint density at radius 1 is 0.969 bits per heavy atom. The highest BCUT2D eigenvalue weighted by Gasteiger charge is 2.12. The van der Waals surface area contributed by atoms with Crippen LogP contribution in [0.25, 0.3) is 27.9 Å². The maximum atomic E-state index is 4.72. The largest absolute Gasteiger partial charge is 0.357 e. The van der Waals surface area contributed by atoms with Gasteiger partial charge in [0, 0.05) is 47.2 Å². The Bertz CT molecular complexity index is 1120. The van der Waals surface area contributed by atoms with Crippen molar-refractivity contribution in [2.24, 2.45) is 0 Å². The van der Waals surface area contributed by atoms with Crippen molar-refractivity contribution in [3.05, 3.63) is 67.1 Å². The second-order valence-corrected chi connectivity index (χ2v) is 7.75. The molecule has 0 bridgehead atoms. The van der Waals surface area contributed by atoms with Gasteiger partial charge in [-0.05, 0) is 47.9 Å². The number of thioether (sulfide) groups is 1. The molecule has 5 rings (SSSR count). The van der Waals surface area contributed by atoms with Crippen molar-refractivity contribution in [1.29, 1.82) is 0 Å². The highest BCUT2D eigenvalue weighted by atomic mass is 32.2. The average Bonchev–Trinajstić information content (AvgIpc) is 3.57. The number of nitrogens with one attached hydrogen (secondary N) is 1. The van der Waals surface area contributed by atoms with Crippen molar-refractivity contribution in [3.8, 4) is 22.3 Å². The fourth-order valence-corrected chi connectivity index (χ4v) is 4.07. The van der Waals surface area contributed by atoms with E-state index >= 15 is 0 Å². The van der Waals surface area contributed by atoms with Gasteiger partial charge in [0.1, 0.15) is 0 Å². The molecule has 0 radical (unpaired) electrons. The second-order valence-electron chi connectivity index (χ2n) is 6.87. The van der Waals surface area contributed by atoms with Crippen LogP contribution in [-0.4, -0.2) is 46.9 Å². The maximum absolute atomic E-state index is 4.72. The van der Waals surface area contributed by atoms with Gasteiger partial charge < -0.3 is 4.90 Å². The van der Waals surface area contributed by atoms with Crippen LogP contribution in [0.5, 0.6) is 0 Å². The lowest BCUT2D eigenvalue weighted by molar-refractivity contribution is 0.855. The topological polar surface area (TPSA) is 45.5 Å². The van der Waals surface area contributed by atoms with Gasteiger partial charge >= 0.3 is 0 Å². The van der Waals surface area contributed by atoms with Gasteiger partial charge in [-0.15, -0.1) is 11.8 Å². The molecule has 0 spiro atoms. The van der Waals surface area contributed by atoms with E-state index in [4.69, 9.17) is 4.98 Å². The molecule has 1 saturated heterocycles.